The fourth-order valence-electron chi connectivity index (χ4n) is 1.96. The molecular formula is C16H12ClN5O. The minimum Gasteiger partial charge on any atom is -0.290 e. The van der Waals surface area contributed by atoms with Gasteiger partial charge in [0, 0.05) is 6.20 Å². The van der Waals surface area contributed by atoms with Crippen LogP contribution in [0.5, 0.6) is 0 Å². The lowest BCUT2D eigenvalue weighted by Gasteiger charge is -2.07. The first-order valence-electron chi connectivity index (χ1n) is 6.83. The molecule has 0 spiro atoms. The highest BCUT2D eigenvalue weighted by molar-refractivity contribution is 6.34. The molecule has 7 heteroatoms. The third-order valence-electron chi connectivity index (χ3n) is 2.99. The van der Waals surface area contributed by atoms with E-state index >= 15 is 0 Å². The highest BCUT2D eigenvalue weighted by atomic mass is 35.5. The van der Waals surface area contributed by atoms with Crippen molar-refractivity contribution in [1.29, 1.82) is 0 Å². The molecule has 3 rings (SSSR count). The molecule has 114 valence electrons. The molecule has 0 aliphatic carbocycles. The molecule has 1 amide bonds. The van der Waals surface area contributed by atoms with Crippen molar-refractivity contribution in [3.63, 3.8) is 0 Å². The van der Waals surface area contributed by atoms with Crippen molar-refractivity contribution in [1.82, 2.24) is 19.9 Å². The van der Waals surface area contributed by atoms with E-state index in [-0.39, 0.29) is 11.9 Å². The van der Waals surface area contributed by atoms with Crippen molar-refractivity contribution < 1.29 is 4.79 Å². The molecule has 23 heavy (non-hydrogen) atoms. The predicted octanol–water partition coefficient (Wildman–Crippen LogP) is 3.15. The van der Waals surface area contributed by atoms with E-state index in [0.717, 1.165) is 0 Å². The van der Waals surface area contributed by atoms with Crippen LogP contribution in [0.2, 0.25) is 5.02 Å². The van der Waals surface area contributed by atoms with Gasteiger partial charge in [-0.15, -0.1) is 0 Å². The Balaban J connectivity index is 1.91. The zero-order valence-corrected chi connectivity index (χ0v) is 12.9. The smallest absolute Gasteiger partial charge is 0.259 e. The van der Waals surface area contributed by atoms with Crippen LogP contribution in [0.3, 0.4) is 0 Å². The lowest BCUT2D eigenvalue weighted by Crippen LogP contribution is -2.16. The molecule has 1 aromatic carbocycles. The van der Waals surface area contributed by atoms with Gasteiger partial charge >= 0.3 is 0 Å². The molecule has 0 atom stereocenters. The largest absolute Gasteiger partial charge is 0.290 e. The molecule has 1 N–H and O–H groups in total. The number of aryl methyl sites for hydroxylation is 1. The van der Waals surface area contributed by atoms with Crippen molar-refractivity contribution in [2.24, 2.45) is 0 Å². The van der Waals surface area contributed by atoms with Crippen LogP contribution in [0.1, 0.15) is 16.2 Å². The molecule has 0 unspecified atom stereocenters. The van der Waals surface area contributed by atoms with E-state index < -0.39 is 0 Å². The summed E-state index contributed by atoms with van der Waals surface area (Å²) in [6.45, 7) is 1.72. The Bertz CT molecular complexity index is 854. The number of benzene rings is 1. The van der Waals surface area contributed by atoms with Gasteiger partial charge in [-0.25, -0.2) is 4.98 Å². The highest BCUT2D eigenvalue weighted by Gasteiger charge is 2.13. The van der Waals surface area contributed by atoms with Crippen LogP contribution in [0.4, 0.5) is 5.95 Å². The Morgan fingerprint density at radius 2 is 1.83 bits per heavy atom. The van der Waals surface area contributed by atoms with Crippen LogP contribution in [-0.2, 0) is 0 Å². The van der Waals surface area contributed by atoms with Crippen molar-refractivity contribution in [2.75, 3.05) is 5.32 Å². The average molecular weight is 326 g/mol. The first kappa shape index (κ1) is 15.1. The third kappa shape index (κ3) is 3.49. The van der Waals surface area contributed by atoms with Crippen LogP contribution in [0.15, 0.2) is 48.7 Å². The highest BCUT2D eigenvalue weighted by Crippen LogP contribution is 2.17. The van der Waals surface area contributed by atoms with Gasteiger partial charge in [0.2, 0.25) is 5.95 Å². The van der Waals surface area contributed by atoms with Crippen molar-refractivity contribution in [2.45, 2.75) is 6.92 Å². The van der Waals surface area contributed by atoms with Gasteiger partial charge in [-0.3, -0.25) is 15.1 Å². The number of pyridine rings is 1. The summed E-state index contributed by atoms with van der Waals surface area (Å²) in [7, 11) is 0. The average Bonchev–Trinajstić information content (AvgIpc) is 2.55. The second-order valence-corrected chi connectivity index (χ2v) is 5.09. The number of aromatic nitrogens is 4. The minimum atomic E-state index is -0.381. The fraction of sp³-hybridized carbons (Fsp3) is 0.0625. The SMILES string of the molecule is Cc1nc(NC(=O)c2ccccc2Cl)nc(-c2ccccn2)n1. The summed E-state index contributed by atoms with van der Waals surface area (Å²) < 4.78 is 0. The maximum Gasteiger partial charge on any atom is 0.259 e. The van der Waals surface area contributed by atoms with E-state index in [1.165, 1.54) is 0 Å². The Kier molecular flexibility index (Phi) is 4.25. The number of amides is 1. The predicted molar refractivity (Wildman–Crippen MR) is 87.2 cm³/mol. The van der Waals surface area contributed by atoms with Gasteiger partial charge in [0.25, 0.3) is 5.91 Å². The summed E-state index contributed by atoms with van der Waals surface area (Å²) in [5.74, 6) is 0.652. The van der Waals surface area contributed by atoms with Crippen LogP contribution in [-0.4, -0.2) is 25.8 Å². The van der Waals surface area contributed by atoms with Gasteiger partial charge in [0.05, 0.1) is 10.6 Å². The van der Waals surface area contributed by atoms with E-state index in [0.29, 0.717) is 27.9 Å². The number of carbonyl (C=O) groups is 1. The molecule has 0 aliphatic rings. The quantitative estimate of drug-likeness (QED) is 0.800. The third-order valence-corrected chi connectivity index (χ3v) is 3.31. The molecular weight excluding hydrogens is 314 g/mol. The summed E-state index contributed by atoms with van der Waals surface area (Å²) in [4.78, 5) is 29.1. The number of carbonyl (C=O) groups excluding carboxylic acids is 1. The zero-order chi connectivity index (χ0) is 16.2. The Morgan fingerprint density at radius 1 is 1.04 bits per heavy atom. The summed E-state index contributed by atoms with van der Waals surface area (Å²) >= 11 is 6.02. The van der Waals surface area contributed by atoms with Gasteiger partial charge in [-0.2, -0.15) is 9.97 Å². The van der Waals surface area contributed by atoms with E-state index in [1.807, 2.05) is 6.07 Å². The molecule has 0 saturated carbocycles. The summed E-state index contributed by atoms with van der Waals surface area (Å²) in [5, 5.41) is 3.00. The van der Waals surface area contributed by atoms with Crippen molar-refractivity contribution >= 4 is 23.5 Å². The second-order valence-electron chi connectivity index (χ2n) is 4.68. The number of nitrogens with zero attached hydrogens (tertiary/aromatic N) is 4. The molecule has 0 aliphatic heterocycles. The summed E-state index contributed by atoms with van der Waals surface area (Å²) in [5.41, 5.74) is 0.956. The summed E-state index contributed by atoms with van der Waals surface area (Å²) in [6.07, 6.45) is 1.65. The van der Waals surface area contributed by atoms with Crippen LogP contribution < -0.4 is 5.32 Å². The topological polar surface area (TPSA) is 80.7 Å². The van der Waals surface area contributed by atoms with E-state index in [2.05, 4.69) is 25.3 Å². The lowest BCUT2D eigenvalue weighted by molar-refractivity contribution is 0.102. The standard InChI is InChI=1S/C16H12ClN5O/c1-10-19-14(13-8-4-5-9-18-13)21-16(20-10)22-15(23)11-6-2-3-7-12(11)17/h2-9H,1H3,(H,19,20,21,22,23). The first-order valence-corrected chi connectivity index (χ1v) is 7.21. The number of halogens is 1. The van der Waals surface area contributed by atoms with Gasteiger partial charge < -0.3 is 0 Å². The lowest BCUT2D eigenvalue weighted by atomic mass is 10.2. The maximum atomic E-state index is 12.3. The molecule has 3 aromatic rings. The molecule has 2 heterocycles. The number of nitrogens with one attached hydrogen (secondary N) is 1. The van der Waals surface area contributed by atoms with E-state index in [4.69, 9.17) is 11.6 Å². The maximum absolute atomic E-state index is 12.3. The Morgan fingerprint density at radius 3 is 2.57 bits per heavy atom. The fourth-order valence-corrected chi connectivity index (χ4v) is 2.18. The minimum absolute atomic E-state index is 0.156. The molecule has 0 fully saturated rings. The van der Waals surface area contributed by atoms with Gasteiger partial charge in [-0.1, -0.05) is 29.8 Å². The molecule has 0 saturated heterocycles. The molecule has 6 nitrogen and oxygen atoms in total. The van der Waals surface area contributed by atoms with Gasteiger partial charge in [0.15, 0.2) is 5.82 Å². The summed E-state index contributed by atoms with van der Waals surface area (Å²) in [6, 6.07) is 12.2. The normalized spacial score (nSPS) is 10.3. The van der Waals surface area contributed by atoms with Crippen molar-refractivity contribution in [3.05, 3.63) is 65.1 Å². The van der Waals surface area contributed by atoms with Crippen LogP contribution >= 0.6 is 11.6 Å². The number of rotatable bonds is 3. The van der Waals surface area contributed by atoms with Gasteiger partial charge in [-0.05, 0) is 31.2 Å². The number of anilines is 1. The Labute approximate surface area is 137 Å². The molecule has 2 aromatic heterocycles. The van der Waals surface area contributed by atoms with Crippen LogP contribution in [0.25, 0.3) is 11.5 Å². The number of hydrogen-bond donors (Lipinski definition) is 1. The first-order chi connectivity index (χ1) is 11.1. The van der Waals surface area contributed by atoms with E-state index in [1.54, 1.807) is 49.5 Å². The Hall–Kier alpha value is -2.86. The number of hydrogen-bond acceptors (Lipinski definition) is 5. The monoisotopic (exact) mass is 325 g/mol. The zero-order valence-electron chi connectivity index (χ0n) is 12.2. The van der Waals surface area contributed by atoms with Gasteiger partial charge in [0.1, 0.15) is 11.5 Å². The molecule has 0 bridgehead atoms. The molecule has 0 radical (unpaired) electrons. The second kappa shape index (κ2) is 6.50. The van der Waals surface area contributed by atoms with Crippen LogP contribution in [0, 0.1) is 6.92 Å². The van der Waals surface area contributed by atoms with E-state index in [9.17, 15) is 4.79 Å². The van der Waals surface area contributed by atoms with Crippen molar-refractivity contribution in [3.8, 4) is 11.5 Å².